The number of hydrogen-bond acceptors (Lipinski definition) is 7. The van der Waals surface area contributed by atoms with Crippen molar-refractivity contribution in [2.45, 2.75) is 18.9 Å². The van der Waals surface area contributed by atoms with E-state index in [1.165, 1.54) is 0 Å². The van der Waals surface area contributed by atoms with Crippen molar-refractivity contribution in [3.8, 4) is 11.3 Å². The van der Waals surface area contributed by atoms with Crippen LogP contribution in [0, 0.1) is 0 Å². The molecular weight excluding hydrogens is 328 g/mol. The highest BCUT2D eigenvalue weighted by molar-refractivity contribution is 5.88. The van der Waals surface area contributed by atoms with Gasteiger partial charge in [-0.3, -0.25) is 4.98 Å². The number of fused-ring (bicyclic) bond motifs is 1. The van der Waals surface area contributed by atoms with Gasteiger partial charge in [-0.15, -0.1) is 0 Å². The number of aromatic nitrogens is 4. The minimum absolute atomic E-state index is 0.479. The maximum atomic E-state index is 5.45. The second kappa shape index (κ2) is 7.21. The van der Waals surface area contributed by atoms with Gasteiger partial charge in [0.1, 0.15) is 11.3 Å². The molecule has 3 aromatic rings. The van der Waals surface area contributed by atoms with Crippen molar-refractivity contribution < 1.29 is 4.74 Å². The Morgan fingerprint density at radius 3 is 2.65 bits per heavy atom. The van der Waals surface area contributed by atoms with E-state index in [0.29, 0.717) is 11.9 Å². The quantitative estimate of drug-likeness (QED) is 0.775. The van der Waals surface area contributed by atoms with Crippen molar-refractivity contribution in [1.82, 2.24) is 19.9 Å². The third-order valence-electron chi connectivity index (χ3n) is 4.84. The van der Waals surface area contributed by atoms with Crippen LogP contribution in [0.1, 0.15) is 12.8 Å². The molecule has 0 bridgehead atoms. The lowest BCUT2D eigenvalue weighted by atomic mass is 10.1. The summed E-state index contributed by atoms with van der Waals surface area (Å²) in [7, 11) is 3.94. The van der Waals surface area contributed by atoms with E-state index >= 15 is 0 Å². The Kier molecular flexibility index (Phi) is 4.62. The van der Waals surface area contributed by atoms with Crippen LogP contribution in [0.25, 0.3) is 22.3 Å². The van der Waals surface area contributed by atoms with Crippen LogP contribution < -0.4 is 10.2 Å². The van der Waals surface area contributed by atoms with E-state index in [1.807, 2.05) is 25.4 Å². The van der Waals surface area contributed by atoms with Gasteiger partial charge >= 0.3 is 0 Å². The van der Waals surface area contributed by atoms with Crippen molar-refractivity contribution in [3.05, 3.63) is 36.8 Å². The fourth-order valence-electron chi connectivity index (χ4n) is 3.30. The number of pyridine rings is 2. The van der Waals surface area contributed by atoms with Crippen LogP contribution in [-0.4, -0.2) is 53.3 Å². The molecule has 0 saturated carbocycles. The van der Waals surface area contributed by atoms with Crippen LogP contribution in [0.15, 0.2) is 36.8 Å². The predicted octanol–water partition coefficient (Wildman–Crippen LogP) is 2.74. The highest BCUT2D eigenvalue weighted by atomic mass is 16.5. The smallest absolute Gasteiger partial charge is 0.154 e. The second-order valence-electron chi connectivity index (χ2n) is 6.39. The average Bonchev–Trinajstić information content (AvgIpc) is 2.73. The molecule has 1 aliphatic rings. The minimum Gasteiger partial charge on any atom is -0.381 e. The topological polar surface area (TPSA) is 76.1 Å². The molecule has 1 saturated heterocycles. The standard InChI is InChI=1S/C19H22N6O/c1-20-19-18-16(21-7-8-22-18)11-15(24-19)13-3-4-17(23-12-13)25(2)14-5-9-26-10-6-14/h3-4,7-8,11-12,14H,5-6,9-10H2,1-2H3,(H,20,24). The third kappa shape index (κ3) is 3.17. The lowest BCUT2D eigenvalue weighted by Gasteiger charge is -2.32. The Bertz CT molecular complexity index is 892. The zero-order chi connectivity index (χ0) is 17.9. The third-order valence-corrected chi connectivity index (χ3v) is 4.84. The summed E-state index contributed by atoms with van der Waals surface area (Å²) in [6.07, 6.45) is 7.31. The molecule has 0 aliphatic carbocycles. The average molecular weight is 350 g/mol. The largest absolute Gasteiger partial charge is 0.381 e. The van der Waals surface area contributed by atoms with Gasteiger partial charge in [-0.2, -0.15) is 0 Å². The Morgan fingerprint density at radius 1 is 1.12 bits per heavy atom. The molecule has 7 nitrogen and oxygen atoms in total. The SMILES string of the molecule is CNc1nc(-c2ccc(N(C)C3CCOCC3)nc2)cc2nccnc12. The Hall–Kier alpha value is -2.80. The molecule has 134 valence electrons. The monoisotopic (exact) mass is 350 g/mol. The normalized spacial score (nSPS) is 15.2. The Balaban J connectivity index is 1.63. The van der Waals surface area contributed by atoms with Crippen molar-refractivity contribution in [1.29, 1.82) is 0 Å². The van der Waals surface area contributed by atoms with Crippen molar-refractivity contribution >= 4 is 22.7 Å². The van der Waals surface area contributed by atoms with Gasteiger partial charge < -0.3 is 15.0 Å². The van der Waals surface area contributed by atoms with Gasteiger partial charge in [-0.1, -0.05) is 0 Å². The van der Waals surface area contributed by atoms with E-state index in [0.717, 1.165) is 54.2 Å². The van der Waals surface area contributed by atoms with Gasteiger partial charge in [0.05, 0.1) is 11.2 Å². The molecule has 0 atom stereocenters. The lowest BCUT2D eigenvalue weighted by molar-refractivity contribution is 0.0853. The molecule has 1 N–H and O–H groups in total. The molecule has 1 aliphatic heterocycles. The van der Waals surface area contributed by atoms with Crippen LogP contribution in [-0.2, 0) is 4.74 Å². The van der Waals surface area contributed by atoms with Gasteiger partial charge in [-0.05, 0) is 31.0 Å². The van der Waals surface area contributed by atoms with Crippen molar-refractivity contribution in [2.24, 2.45) is 0 Å². The molecule has 0 radical (unpaired) electrons. The van der Waals surface area contributed by atoms with Crippen LogP contribution in [0.3, 0.4) is 0 Å². The number of anilines is 2. The number of hydrogen-bond donors (Lipinski definition) is 1. The Labute approximate surface area is 152 Å². The summed E-state index contributed by atoms with van der Waals surface area (Å²) in [6, 6.07) is 6.53. The van der Waals surface area contributed by atoms with Crippen molar-refractivity contribution in [2.75, 3.05) is 37.5 Å². The van der Waals surface area contributed by atoms with E-state index in [-0.39, 0.29) is 0 Å². The fraction of sp³-hybridized carbons (Fsp3) is 0.368. The number of rotatable bonds is 4. The molecule has 7 heteroatoms. The second-order valence-corrected chi connectivity index (χ2v) is 6.39. The molecule has 4 heterocycles. The first-order chi connectivity index (χ1) is 12.8. The summed E-state index contributed by atoms with van der Waals surface area (Å²) in [5.41, 5.74) is 3.36. The molecule has 0 unspecified atom stereocenters. The van der Waals surface area contributed by atoms with E-state index in [2.05, 4.69) is 43.3 Å². The van der Waals surface area contributed by atoms with E-state index < -0.39 is 0 Å². The van der Waals surface area contributed by atoms with Gasteiger partial charge in [0.15, 0.2) is 5.82 Å². The number of nitrogens with zero attached hydrogens (tertiary/aromatic N) is 5. The number of ether oxygens (including phenoxy) is 1. The van der Waals surface area contributed by atoms with Gasteiger partial charge in [0.25, 0.3) is 0 Å². The van der Waals surface area contributed by atoms with Crippen LogP contribution in [0.2, 0.25) is 0 Å². The zero-order valence-corrected chi connectivity index (χ0v) is 15.0. The van der Waals surface area contributed by atoms with Crippen LogP contribution in [0.4, 0.5) is 11.6 Å². The van der Waals surface area contributed by atoms with Gasteiger partial charge in [-0.25, -0.2) is 15.0 Å². The molecule has 3 aromatic heterocycles. The van der Waals surface area contributed by atoms with E-state index in [4.69, 9.17) is 4.74 Å². The highest BCUT2D eigenvalue weighted by Crippen LogP contribution is 2.26. The maximum Gasteiger partial charge on any atom is 0.154 e. The fourth-order valence-corrected chi connectivity index (χ4v) is 3.30. The summed E-state index contributed by atoms with van der Waals surface area (Å²) in [4.78, 5) is 20.3. The Morgan fingerprint density at radius 2 is 1.92 bits per heavy atom. The zero-order valence-electron chi connectivity index (χ0n) is 15.0. The predicted molar refractivity (Wildman–Crippen MR) is 102 cm³/mol. The molecule has 0 spiro atoms. The molecule has 26 heavy (non-hydrogen) atoms. The van der Waals surface area contributed by atoms with Crippen molar-refractivity contribution in [3.63, 3.8) is 0 Å². The lowest BCUT2D eigenvalue weighted by Crippen LogP contribution is -2.37. The molecule has 0 aromatic carbocycles. The summed E-state index contributed by atoms with van der Waals surface area (Å²) < 4.78 is 5.45. The first-order valence-corrected chi connectivity index (χ1v) is 8.83. The first kappa shape index (κ1) is 16.7. The van der Waals surface area contributed by atoms with Crippen LogP contribution >= 0.6 is 0 Å². The summed E-state index contributed by atoms with van der Waals surface area (Å²) in [5, 5.41) is 3.10. The maximum absolute atomic E-state index is 5.45. The van der Waals surface area contributed by atoms with Crippen LogP contribution in [0.5, 0.6) is 0 Å². The first-order valence-electron chi connectivity index (χ1n) is 8.83. The van der Waals surface area contributed by atoms with Gasteiger partial charge in [0, 0.05) is 57.5 Å². The van der Waals surface area contributed by atoms with E-state index in [9.17, 15) is 0 Å². The summed E-state index contributed by atoms with van der Waals surface area (Å²) >= 11 is 0. The molecule has 4 rings (SSSR count). The number of nitrogens with one attached hydrogen (secondary N) is 1. The summed E-state index contributed by atoms with van der Waals surface area (Å²) in [5.74, 6) is 1.68. The molecular formula is C19H22N6O. The van der Waals surface area contributed by atoms with E-state index in [1.54, 1.807) is 12.4 Å². The summed E-state index contributed by atoms with van der Waals surface area (Å²) in [6.45, 7) is 1.64. The molecule has 0 amide bonds. The minimum atomic E-state index is 0.479. The molecule has 1 fully saturated rings. The highest BCUT2D eigenvalue weighted by Gasteiger charge is 2.19. The van der Waals surface area contributed by atoms with Gasteiger partial charge in [0.2, 0.25) is 0 Å².